The van der Waals surface area contributed by atoms with Gasteiger partial charge in [-0.15, -0.1) is 0 Å². The van der Waals surface area contributed by atoms with Crippen molar-refractivity contribution in [3.8, 4) is 0 Å². The van der Waals surface area contributed by atoms with Crippen LogP contribution in [0.3, 0.4) is 0 Å². The van der Waals surface area contributed by atoms with Crippen molar-refractivity contribution < 1.29 is 19.1 Å². The number of amides is 3. The van der Waals surface area contributed by atoms with Crippen molar-refractivity contribution in [3.05, 3.63) is 88.7 Å². The zero-order chi connectivity index (χ0) is 29.1. The quantitative estimate of drug-likeness (QED) is 0.408. The van der Waals surface area contributed by atoms with Crippen LogP contribution in [0, 0.1) is 0 Å². The van der Waals surface area contributed by atoms with Gasteiger partial charge < -0.3 is 19.5 Å². The zero-order valence-corrected chi connectivity index (χ0v) is 24.3. The number of anilines is 1. The van der Waals surface area contributed by atoms with Gasteiger partial charge in [-0.25, -0.2) is 4.79 Å². The molecule has 2 aromatic carbocycles. The number of hydrogen-bond donors (Lipinski definition) is 2. The summed E-state index contributed by atoms with van der Waals surface area (Å²) in [5.41, 5.74) is 5.29. The average Bonchev–Trinajstić information content (AvgIpc) is 3.35. The highest BCUT2D eigenvalue weighted by atomic mass is 16.6. The van der Waals surface area contributed by atoms with Crippen molar-refractivity contribution in [1.82, 2.24) is 19.7 Å². The lowest BCUT2D eigenvalue weighted by Crippen LogP contribution is -2.56. The van der Waals surface area contributed by atoms with Crippen LogP contribution < -0.4 is 10.6 Å². The third kappa shape index (κ3) is 6.00. The van der Waals surface area contributed by atoms with Gasteiger partial charge in [0.1, 0.15) is 5.69 Å². The van der Waals surface area contributed by atoms with E-state index in [1.807, 2.05) is 30.3 Å². The Bertz CT molecular complexity index is 1400. The smallest absolute Gasteiger partial charge is 0.411 e. The third-order valence-electron chi connectivity index (χ3n) is 8.05. The minimum Gasteiger partial charge on any atom is -0.447 e. The second-order valence-electron chi connectivity index (χ2n) is 11.4. The van der Waals surface area contributed by atoms with Gasteiger partial charge in [-0.3, -0.25) is 19.8 Å². The maximum atomic E-state index is 13.2. The molecule has 0 bridgehead atoms. The third-order valence-corrected chi connectivity index (χ3v) is 8.05. The van der Waals surface area contributed by atoms with E-state index in [1.54, 1.807) is 45.0 Å². The standard InChI is InChI=1S/C32H39N5O4/c1-22(2)41-31(40)34-26-12-8-23(9-13-26)20-33-29(38)27-14-15-28-32(16-5-17-32)36(18-19-37(27)28)21-24-6-10-25(11-7-24)30(39)35(3)4/h6-15,22H,5,16-21H2,1-4H3,(H,33,38)(H,34,40). The van der Waals surface area contributed by atoms with Crippen LogP contribution in [0.1, 0.15) is 70.8 Å². The summed E-state index contributed by atoms with van der Waals surface area (Å²) in [6.45, 7) is 6.40. The molecule has 0 unspecified atom stereocenters. The molecule has 1 aliphatic heterocycles. The number of carbonyl (C=O) groups is 3. The molecule has 3 amide bonds. The molecule has 1 aliphatic carbocycles. The molecule has 1 aromatic heterocycles. The first-order valence-corrected chi connectivity index (χ1v) is 14.3. The lowest BCUT2D eigenvalue weighted by atomic mass is 9.71. The molecule has 9 heteroatoms. The normalized spacial score (nSPS) is 15.6. The molecule has 0 atom stereocenters. The Hall–Kier alpha value is -4.11. The van der Waals surface area contributed by atoms with E-state index in [-0.39, 0.29) is 23.5 Å². The number of aromatic nitrogens is 1. The van der Waals surface area contributed by atoms with E-state index in [1.165, 1.54) is 17.7 Å². The van der Waals surface area contributed by atoms with E-state index in [2.05, 4.69) is 38.3 Å². The minimum atomic E-state index is -0.490. The molecule has 2 aliphatic rings. The number of benzene rings is 2. The van der Waals surface area contributed by atoms with E-state index in [0.29, 0.717) is 23.5 Å². The van der Waals surface area contributed by atoms with Gasteiger partial charge in [0.25, 0.3) is 11.8 Å². The van der Waals surface area contributed by atoms with Gasteiger partial charge in [0.15, 0.2) is 0 Å². The van der Waals surface area contributed by atoms with Gasteiger partial charge in [-0.2, -0.15) is 0 Å². The summed E-state index contributed by atoms with van der Waals surface area (Å²) >= 11 is 0. The Kier molecular flexibility index (Phi) is 8.17. The number of rotatable bonds is 8. The molecule has 1 spiro atoms. The first-order valence-electron chi connectivity index (χ1n) is 14.3. The molecule has 2 N–H and O–H groups in total. The molecule has 5 rings (SSSR count). The van der Waals surface area contributed by atoms with E-state index in [4.69, 9.17) is 4.74 Å². The molecule has 9 nitrogen and oxygen atoms in total. The number of nitrogens with one attached hydrogen (secondary N) is 2. The Morgan fingerprint density at radius 2 is 1.61 bits per heavy atom. The maximum absolute atomic E-state index is 13.2. The molecule has 41 heavy (non-hydrogen) atoms. The molecular weight excluding hydrogens is 518 g/mol. The molecule has 3 aromatic rings. The molecule has 0 saturated heterocycles. The summed E-state index contributed by atoms with van der Waals surface area (Å²) < 4.78 is 7.30. The van der Waals surface area contributed by atoms with Gasteiger partial charge in [0.2, 0.25) is 0 Å². The van der Waals surface area contributed by atoms with Gasteiger partial charge in [0, 0.05) is 57.2 Å². The van der Waals surface area contributed by atoms with Crippen molar-refractivity contribution >= 4 is 23.6 Å². The molecule has 1 fully saturated rings. The fourth-order valence-corrected chi connectivity index (χ4v) is 5.80. The highest BCUT2D eigenvalue weighted by Crippen LogP contribution is 2.49. The number of fused-ring (bicyclic) bond motifs is 2. The van der Waals surface area contributed by atoms with Crippen molar-refractivity contribution in [2.75, 3.05) is 26.0 Å². The van der Waals surface area contributed by atoms with Crippen LogP contribution in [0.5, 0.6) is 0 Å². The Morgan fingerprint density at radius 1 is 0.927 bits per heavy atom. The zero-order valence-electron chi connectivity index (χ0n) is 24.3. The average molecular weight is 558 g/mol. The van der Waals surface area contributed by atoms with Crippen LogP contribution in [0.15, 0.2) is 60.7 Å². The maximum Gasteiger partial charge on any atom is 0.411 e. The van der Waals surface area contributed by atoms with Crippen molar-refractivity contribution in [3.63, 3.8) is 0 Å². The molecule has 1 saturated carbocycles. The molecule has 216 valence electrons. The summed E-state index contributed by atoms with van der Waals surface area (Å²) in [5, 5.41) is 5.76. The van der Waals surface area contributed by atoms with Gasteiger partial charge in [0.05, 0.1) is 11.6 Å². The topological polar surface area (TPSA) is 95.9 Å². The number of carbonyl (C=O) groups excluding carboxylic acids is 3. The monoisotopic (exact) mass is 557 g/mol. The van der Waals surface area contributed by atoms with Crippen LogP contribution in [0.25, 0.3) is 0 Å². The van der Waals surface area contributed by atoms with Gasteiger partial charge >= 0.3 is 6.09 Å². The van der Waals surface area contributed by atoms with Gasteiger partial charge in [-0.05, 0) is 80.6 Å². The van der Waals surface area contributed by atoms with Crippen LogP contribution in [0.4, 0.5) is 10.5 Å². The van der Waals surface area contributed by atoms with E-state index in [9.17, 15) is 14.4 Å². The Balaban J connectivity index is 1.22. The van der Waals surface area contributed by atoms with E-state index < -0.39 is 6.09 Å². The number of hydrogen-bond acceptors (Lipinski definition) is 5. The SMILES string of the molecule is CC(C)OC(=O)Nc1ccc(CNC(=O)c2ccc3n2CCN(Cc2ccc(C(=O)N(C)C)cc2)C32CCC2)cc1. The first kappa shape index (κ1) is 28.4. The fourth-order valence-electron chi connectivity index (χ4n) is 5.80. The molecule has 0 radical (unpaired) electrons. The summed E-state index contributed by atoms with van der Waals surface area (Å²) in [6.07, 6.45) is 2.63. The second-order valence-corrected chi connectivity index (χ2v) is 11.4. The number of nitrogens with zero attached hydrogens (tertiary/aromatic N) is 3. The van der Waals surface area contributed by atoms with Crippen LogP contribution in [0.2, 0.25) is 0 Å². The second kappa shape index (κ2) is 11.8. The lowest BCUT2D eigenvalue weighted by molar-refractivity contribution is -0.0217. The highest BCUT2D eigenvalue weighted by Gasteiger charge is 2.48. The van der Waals surface area contributed by atoms with Crippen LogP contribution in [-0.2, 0) is 29.9 Å². The fraction of sp³-hybridized carbons (Fsp3) is 0.406. The van der Waals surface area contributed by atoms with Crippen LogP contribution in [-0.4, -0.2) is 59.0 Å². The summed E-state index contributed by atoms with van der Waals surface area (Å²) in [4.78, 5) is 41.4. The largest absolute Gasteiger partial charge is 0.447 e. The first-order chi connectivity index (χ1) is 19.7. The Labute approximate surface area is 241 Å². The van der Waals surface area contributed by atoms with Crippen LogP contribution >= 0.6 is 0 Å². The molecular formula is C32H39N5O4. The summed E-state index contributed by atoms with van der Waals surface area (Å²) in [7, 11) is 3.53. The summed E-state index contributed by atoms with van der Waals surface area (Å²) in [5.74, 6) is -0.0885. The summed E-state index contributed by atoms with van der Waals surface area (Å²) in [6, 6.07) is 19.3. The van der Waals surface area contributed by atoms with Crippen molar-refractivity contribution in [2.45, 2.75) is 64.4 Å². The van der Waals surface area contributed by atoms with Gasteiger partial charge in [-0.1, -0.05) is 24.3 Å². The van der Waals surface area contributed by atoms with Crippen molar-refractivity contribution in [2.24, 2.45) is 0 Å². The highest BCUT2D eigenvalue weighted by molar-refractivity contribution is 5.94. The number of ether oxygens (including phenoxy) is 1. The lowest BCUT2D eigenvalue weighted by Gasteiger charge is -2.53. The Morgan fingerprint density at radius 3 is 2.22 bits per heavy atom. The van der Waals surface area contributed by atoms with E-state index >= 15 is 0 Å². The predicted octanol–water partition coefficient (Wildman–Crippen LogP) is 4.97. The van der Waals surface area contributed by atoms with Crippen molar-refractivity contribution in [1.29, 1.82) is 0 Å². The molecule has 2 heterocycles. The minimum absolute atomic E-state index is 0.00586. The predicted molar refractivity (Wildman–Crippen MR) is 158 cm³/mol. The van der Waals surface area contributed by atoms with E-state index in [0.717, 1.165) is 38.0 Å².